The number of carbonyl (C=O) groups is 1. The van der Waals surface area contributed by atoms with Gasteiger partial charge in [-0.15, -0.1) is 0 Å². The van der Waals surface area contributed by atoms with Crippen molar-refractivity contribution >= 4 is 38.7 Å². The second-order valence-corrected chi connectivity index (χ2v) is 9.18. The van der Waals surface area contributed by atoms with Crippen LogP contribution >= 0.6 is 15.9 Å². The molecule has 3 N–H and O–H groups in total. The molecule has 33 heavy (non-hydrogen) atoms. The van der Waals surface area contributed by atoms with Crippen LogP contribution in [-0.2, 0) is 11.3 Å². The van der Waals surface area contributed by atoms with E-state index in [4.69, 9.17) is 15.5 Å². The maximum Gasteiger partial charge on any atom is 0.410 e. The molecule has 7 nitrogen and oxygen atoms in total. The molecule has 1 unspecified atom stereocenters. The summed E-state index contributed by atoms with van der Waals surface area (Å²) in [4.78, 5) is 19.5. The van der Waals surface area contributed by atoms with E-state index >= 15 is 0 Å². The quantitative estimate of drug-likeness (QED) is 0.382. The van der Waals surface area contributed by atoms with Crippen LogP contribution in [-0.4, -0.2) is 39.3 Å². The molecule has 3 heterocycles. The van der Waals surface area contributed by atoms with Gasteiger partial charge in [0.25, 0.3) is 0 Å². The van der Waals surface area contributed by atoms with Gasteiger partial charge in [-0.2, -0.15) is 5.10 Å². The third-order valence-corrected chi connectivity index (χ3v) is 6.54. The smallest absolute Gasteiger partial charge is 0.410 e. The van der Waals surface area contributed by atoms with Crippen LogP contribution in [0.15, 0.2) is 65.1 Å². The molecule has 1 aliphatic heterocycles. The second-order valence-electron chi connectivity index (χ2n) is 8.26. The SMILES string of the molecule is Nc1n[nH]c2cc(C3CCCN(C(=O)OCc4ccccc4)C3)nc(-c3ccc(Br)cc3)c12. The number of nitrogens with one attached hydrogen (secondary N) is 1. The number of hydrogen-bond donors (Lipinski definition) is 2. The topological polar surface area (TPSA) is 97.1 Å². The number of anilines is 1. The normalized spacial score (nSPS) is 16.2. The third kappa shape index (κ3) is 4.57. The van der Waals surface area contributed by atoms with E-state index in [-0.39, 0.29) is 18.6 Å². The van der Waals surface area contributed by atoms with Gasteiger partial charge in [-0.25, -0.2) is 4.79 Å². The zero-order chi connectivity index (χ0) is 22.8. The number of H-pyrrole nitrogens is 1. The van der Waals surface area contributed by atoms with Crippen LogP contribution in [0.5, 0.6) is 0 Å². The average Bonchev–Trinajstić information content (AvgIpc) is 3.24. The molecular formula is C25H24BrN5O2. The van der Waals surface area contributed by atoms with Crippen LogP contribution in [0.2, 0.25) is 0 Å². The molecule has 1 atom stereocenters. The van der Waals surface area contributed by atoms with E-state index in [1.54, 1.807) is 4.90 Å². The fourth-order valence-corrected chi connectivity index (χ4v) is 4.57. The number of nitrogens with zero attached hydrogens (tertiary/aromatic N) is 3. The van der Waals surface area contributed by atoms with Gasteiger partial charge in [-0.1, -0.05) is 58.4 Å². The maximum atomic E-state index is 12.7. The lowest BCUT2D eigenvalue weighted by Crippen LogP contribution is -2.39. The maximum absolute atomic E-state index is 12.7. The lowest BCUT2D eigenvalue weighted by molar-refractivity contribution is 0.0856. The molecule has 0 bridgehead atoms. The summed E-state index contributed by atoms with van der Waals surface area (Å²) in [5.41, 5.74) is 10.7. The molecule has 0 saturated carbocycles. The Morgan fingerprint density at radius 3 is 2.76 bits per heavy atom. The fraction of sp³-hybridized carbons (Fsp3) is 0.240. The summed E-state index contributed by atoms with van der Waals surface area (Å²) in [7, 11) is 0. The number of nitrogen functional groups attached to an aromatic ring is 1. The number of pyridine rings is 1. The summed E-state index contributed by atoms with van der Waals surface area (Å²) in [6.07, 6.45) is 1.55. The van der Waals surface area contributed by atoms with Crippen molar-refractivity contribution in [2.75, 3.05) is 18.8 Å². The van der Waals surface area contributed by atoms with E-state index in [0.717, 1.165) is 50.7 Å². The van der Waals surface area contributed by atoms with Crippen molar-refractivity contribution in [2.45, 2.75) is 25.4 Å². The minimum atomic E-state index is -0.288. The summed E-state index contributed by atoms with van der Waals surface area (Å²) in [6.45, 7) is 1.52. The lowest BCUT2D eigenvalue weighted by atomic mass is 9.93. The van der Waals surface area contributed by atoms with Gasteiger partial charge in [0.15, 0.2) is 5.82 Å². The molecule has 0 spiro atoms. The molecule has 8 heteroatoms. The summed E-state index contributed by atoms with van der Waals surface area (Å²) in [5.74, 6) is 0.530. The number of likely N-dealkylation sites (tertiary alicyclic amines) is 1. The molecule has 1 saturated heterocycles. The van der Waals surface area contributed by atoms with E-state index < -0.39 is 0 Å². The van der Waals surface area contributed by atoms with Gasteiger partial charge in [0, 0.05) is 34.7 Å². The Morgan fingerprint density at radius 1 is 1.18 bits per heavy atom. The fourth-order valence-electron chi connectivity index (χ4n) is 4.31. The van der Waals surface area contributed by atoms with Crippen molar-refractivity contribution in [1.29, 1.82) is 0 Å². The number of piperidine rings is 1. The molecule has 2 aromatic heterocycles. The first-order chi connectivity index (χ1) is 16.1. The molecule has 1 aliphatic rings. The number of aromatic amines is 1. The monoisotopic (exact) mass is 505 g/mol. The van der Waals surface area contributed by atoms with Crippen molar-refractivity contribution in [3.63, 3.8) is 0 Å². The Labute approximate surface area is 200 Å². The van der Waals surface area contributed by atoms with Gasteiger partial charge in [0.2, 0.25) is 0 Å². The zero-order valence-electron chi connectivity index (χ0n) is 18.0. The van der Waals surface area contributed by atoms with E-state index in [9.17, 15) is 4.79 Å². The third-order valence-electron chi connectivity index (χ3n) is 6.01. The number of ether oxygens (including phenoxy) is 1. The van der Waals surface area contributed by atoms with Gasteiger partial charge in [0.05, 0.1) is 16.6 Å². The van der Waals surface area contributed by atoms with Crippen LogP contribution in [0.1, 0.15) is 30.0 Å². The number of rotatable bonds is 4. The first-order valence-corrected chi connectivity index (χ1v) is 11.7. The Bertz CT molecular complexity index is 1270. The van der Waals surface area contributed by atoms with E-state index in [2.05, 4.69) is 26.1 Å². The van der Waals surface area contributed by atoms with Crippen LogP contribution in [0.25, 0.3) is 22.2 Å². The largest absolute Gasteiger partial charge is 0.445 e. The van der Waals surface area contributed by atoms with Crippen molar-refractivity contribution in [3.8, 4) is 11.3 Å². The summed E-state index contributed by atoms with van der Waals surface area (Å²) in [6, 6.07) is 19.7. The van der Waals surface area contributed by atoms with Crippen molar-refractivity contribution in [1.82, 2.24) is 20.1 Å². The van der Waals surface area contributed by atoms with Crippen molar-refractivity contribution < 1.29 is 9.53 Å². The van der Waals surface area contributed by atoms with Gasteiger partial charge in [-0.3, -0.25) is 10.1 Å². The van der Waals surface area contributed by atoms with E-state index in [0.29, 0.717) is 18.9 Å². The molecule has 1 amide bonds. The Kier molecular flexibility index (Phi) is 6.00. The van der Waals surface area contributed by atoms with E-state index in [1.807, 2.05) is 60.7 Å². The number of hydrogen-bond acceptors (Lipinski definition) is 5. The van der Waals surface area contributed by atoms with Crippen molar-refractivity contribution in [2.24, 2.45) is 0 Å². The van der Waals surface area contributed by atoms with Crippen molar-refractivity contribution in [3.05, 3.63) is 76.4 Å². The highest BCUT2D eigenvalue weighted by Crippen LogP contribution is 2.35. The van der Waals surface area contributed by atoms with Gasteiger partial charge < -0.3 is 15.4 Å². The predicted molar refractivity (Wildman–Crippen MR) is 132 cm³/mol. The van der Waals surface area contributed by atoms with Crippen LogP contribution in [0, 0.1) is 0 Å². The number of nitrogens with two attached hydrogens (primary N) is 1. The Hall–Kier alpha value is -3.39. The van der Waals surface area contributed by atoms with Gasteiger partial charge >= 0.3 is 6.09 Å². The first kappa shape index (κ1) is 21.5. The predicted octanol–water partition coefficient (Wildman–Crippen LogP) is 5.49. The van der Waals surface area contributed by atoms with Gasteiger partial charge in [-0.05, 0) is 36.6 Å². The first-order valence-electron chi connectivity index (χ1n) is 10.9. The molecule has 0 radical (unpaired) electrons. The van der Waals surface area contributed by atoms with Gasteiger partial charge in [0.1, 0.15) is 6.61 Å². The van der Waals surface area contributed by atoms with Crippen LogP contribution < -0.4 is 5.73 Å². The molecule has 5 rings (SSSR count). The molecule has 2 aromatic carbocycles. The summed E-state index contributed by atoms with van der Waals surface area (Å²) < 4.78 is 6.56. The minimum absolute atomic E-state index is 0.103. The number of benzene rings is 2. The number of fused-ring (bicyclic) bond motifs is 1. The molecule has 0 aliphatic carbocycles. The molecule has 168 valence electrons. The highest BCUT2D eigenvalue weighted by molar-refractivity contribution is 9.10. The lowest BCUT2D eigenvalue weighted by Gasteiger charge is -2.32. The highest BCUT2D eigenvalue weighted by Gasteiger charge is 2.28. The van der Waals surface area contributed by atoms with Crippen LogP contribution in [0.4, 0.5) is 10.6 Å². The Balaban J connectivity index is 1.39. The van der Waals surface area contributed by atoms with Crippen LogP contribution in [0.3, 0.4) is 0 Å². The summed E-state index contributed by atoms with van der Waals surface area (Å²) in [5, 5.41) is 8.05. The average molecular weight is 506 g/mol. The minimum Gasteiger partial charge on any atom is -0.445 e. The molecular weight excluding hydrogens is 482 g/mol. The number of halogens is 1. The number of aromatic nitrogens is 3. The zero-order valence-corrected chi connectivity index (χ0v) is 19.6. The summed E-state index contributed by atoms with van der Waals surface area (Å²) >= 11 is 3.49. The molecule has 1 fully saturated rings. The number of amides is 1. The van der Waals surface area contributed by atoms with E-state index in [1.165, 1.54) is 0 Å². The highest BCUT2D eigenvalue weighted by atomic mass is 79.9. The number of carbonyl (C=O) groups excluding carboxylic acids is 1. The standard InChI is InChI=1S/C25H24BrN5O2/c26-19-10-8-17(9-11-19)23-22-21(29-30-24(22)27)13-20(28-23)18-7-4-12-31(14-18)25(32)33-15-16-5-2-1-3-6-16/h1-3,5-6,8-11,13,18H,4,7,12,14-15H2,(H3,27,29,30). The second kappa shape index (κ2) is 9.23. The Morgan fingerprint density at radius 2 is 1.97 bits per heavy atom. The molecule has 4 aromatic rings.